The summed E-state index contributed by atoms with van der Waals surface area (Å²) in [7, 11) is 0. The molecule has 0 radical (unpaired) electrons. The van der Waals surface area contributed by atoms with Crippen LogP contribution < -0.4 is 5.73 Å². The topological polar surface area (TPSA) is 91.4 Å². The Morgan fingerprint density at radius 3 is 2.63 bits per heavy atom. The Balaban J connectivity index is 1.92. The third kappa shape index (κ3) is 3.28. The number of ether oxygens (including phenoxy) is 1. The highest BCUT2D eigenvalue weighted by Crippen LogP contribution is 2.18. The van der Waals surface area contributed by atoms with Gasteiger partial charge in [-0.15, -0.1) is 0 Å². The molecule has 0 aromatic heterocycles. The second kappa shape index (κ2) is 6.10. The van der Waals surface area contributed by atoms with Crippen LogP contribution in [0.1, 0.15) is 19.8 Å². The molecule has 7 nitrogen and oxygen atoms in total. The Bertz CT molecular complexity index is 353. The maximum atomic E-state index is 12.4. The predicted octanol–water partition coefficient (Wildman–Crippen LogP) is 0.286. The van der Waals surface area contributed by atoms with Crippen molar-refractivity contribution >= 4 is 11.9 Å². The molecule has 2 rings (SSSR count). The summed E-state index contributed by atoms with van der Waals surface area (Å²) in [6.07, 6.45) is 1.60. The lowest BCUT2D eigenvalue weighted by Gasteiger charge is -2.38. The number of nitrogens with two attached hydrogens (primary N) is 1. The number of carbonyl (C=O) groups excluding carboxylic acids is 1. The van der Waals surface area contributed by atoms with Gasteiger partial charge in [0.2, 0.25) is 0 Å². The molecule has 2 amide bonds. The second-order valence-corrected chi connectivity index (χ2v) is 5.28. The van der Waals surface area contributed by atoms with Gasteiger partial charge in [-0.25, -0.2) is 4.79 Å². The minimum absolute atomic E-state index is 0.0183. The molecule has 0 spiro atoms. The molecule has 7 heteroatoms. The van der Waals surface area contributed by atoms with Crippen molar-refractivity contribution in [2.45, 2.75) is 25.9 Å². The Morgan fingerprint density at radius 1 is 1.32 bits per heavy atom. The van der Waals surface area contributed by atoms with Gasteiger partial charge in [0.1, 0.15) is 6.10 Å². The molecule has 2 fully saturated rings. The molecular formula is C12H22N4O3. The molecule has 0 aliphatic carbocycles. The number of hydrogen-bond acceptors (Lipinski definition) is 4. The predicted molar refractivity (Wildman–Crippen MR) is 70.1 cm³/mol. The van der Waals surface area contributed by atoms with Gasteiger partial charge in [-0.3, -0.25) is 0 Å². The summed E-state index contributed by atoms with van der Waals surface area (Å²) in [5.74, 6) is 0.712. The standard InChI is InChI=1S/C12H22N4O3/c1-9-2-4-15(5-3-9)12(17)16-6-7-19-10(8-16)11(13)14-18/h9-10,18H,2-8H2,1H3,(H2,13,14). The van der Waals surface area contributed by atoms with E-state index >= 15 is 0 Å². The maximum absolute atomic E-state index is 12.4. The summed E-state index contributed by atoms with van der Waals surface area (Å²) in [4.78, 5) is 16.0. The molecule has 2 heterocycles. The lowest BCUT2D eigenvalue weighted by Crippen LogP contribution is -2.55. The summed E-state index contributed by atoms with van der Waals surface area (Å²) in [5, 5.41) is 11.6. The molecule has 0 bridgehead atoms. The molecule has 0 aromatic carbocycles. The number of rotatable bonds is 1. The van der Waals surface area contributed by atoms with Crippen LogP contribution >= 0.6 is 0 Å². The number of oxime groups is 1. The number of nitrogens with zero attached hydrogens (tertiary/aromatic N) is 3. The van der Waals surface area contributed by atoms with Crippen LogP contribution in [0.25, 0.3) is 0 Å². The second-order valence-electron chi connectivity index (χ2n) is 5.28. The van der Waals surface area contributed by atoms with Gasteiger partial charge in [-0.1, -0.05) is 12.1 Å². The van der Waals surface area contributed by atoms with E-state index in [1.807, 2.05) is 4.90 Å². The largest absolute Gasteiger partial charge is 0.409 e. The fourth-order valence-electron chi connectivity index (χ4n) is 2.47. The molecule has 2 aliphatic heterocycles. The smallest absolute Gasteiger partial charge is 0.320 e. The first-order valence-electron chi connectivity index (χ1n) is 6.74. The zero-order valence-electron chi connectivity index (χ0n) is 11.3. The molecule has 19 heavy (non-hydrogen) atoms. The van der Waals surface area contributed by atoms with Crippen molar-refractivity contribution in [3.63, 3.8) is 0 Å². The zero-order valence-corrected chi connectivity index (χ0v) is 11.3. The van der Waals surface area contributed by atoms with Gasteiger partial charge in [0.15, 0.2) is 5.84 Å². The number of amidine groups is 1. The van der Waals surface area contributed by atoms with Crippen molar-refractivity contribution in [2.24, 2.45) is 16.8 Å². The normalized spacial score (nSPS) is 26.6. The van der Waals surface area contributed by atoms with Gasteiger partial charge < -0.3 is 25.5 Å². The monoisotopic (exact) mass is 270 g/mol. The average Bonchev–Trinajstić information content (AvgIpc) is 2.46. The summed E-state index contributed by atoms with van der Waals surface area (Å²) in [6.45, 7) is 5.15. The number of morpholine rings is 1. The SMILES string of the molecule is CC1CCN(C(=O)N2CCOC(C(N)=NO)C2)CC1. The van der Waals surface area contributed by atoms with E-state index in [4.69, 9.17) is 15.7 Å². The lowest BCUT2D eigenvalue weighted by atomic mass is 9.99. The molecule has 1 unspecified atom stereocenters. The number of carbonyl (C=O) groups is 1. The van der Waals surface area contributed by atoms with Crippen LogP contribution in [-0.4, -0.2) is 65.8 Å². The molecule has 0 saturated carbocycles. The number of amides is 2. The van der Waals surface area contributed by atoms with Crippen LogP contribution in [0.2, 0.25) is 0 Å². The van der Waals surface area contributed by atoms with Crippen molar-refractivity contribution < 1.29 is 14.7 Å². The first kappa shape index (κ1) is 13.9. The van der Waals surface area contributed by atoms with Gasteiger partial charge in [0.05, 0.1) is 13.2 Å². The fraction of sp³-hybridized carbons (Fsp3) is 0.833. The Morgan fingerprint density at radius 2 is 2.00 bits per heavy atom. The van der Waals surface area contributed by atoms with Crippen molar-refractivity contribution in [1.29, 1.82) is 0 Å². The first-order chi connectivity index (χ1) is 9.11. The highest BCUT2D eigenvalue weighted by Gasteiger charge is 2.30. The van der Waals surface area contributed by atoms with E-state index in [0.717, 1.165) is 25.9 Å². The third-order valence-electron chi connectivity index (χ3n) is 3.84. The van der Waals surface area contributed by atoms with Gasteiger partial charge >= 0.3 is 6.03 Å². The van der Waals surface area contributed by atoms with Crippen LogP contribution in [0.3, 0.4) is 0 Å². The van der Waals surface area contributed by atoms with E-state index in [1.54, 1.807) is 4.90 Å². The van der Waals surface area contributed by atoms with Crippen molar-refractivity contribution in [3.8, 4) is 0 Å². The van der Waals surface area contributed by atoms with Crippen molar-refractivity contribution in [2.75, 3.05) is 32.8 Å². The molecule has 2 saturated heterocycles. The number of piperidine rings is 1. The van der Waals surface area contributed by atoms with E-state index in [0.29, 0.717) is 25.6 Å². The number of hydrogen-bond donors (Lipinski definition) is 2. The molecule has 2 aliphatic rings. The maximum Gasteiger partial charge on any atom is 0.320 e. The van der Waals surface area contributed by atoms with Crippen LogP contribution in [0.15, 0.2) is 5.16 Å². The minimum Gasteiger partial charge on any atom is -0.409 e. The summed E-state index contributed by atoms with van der Waals surface area (Å²) in [5.41, 5.74) is 5.53. The van der Waals surface area contributed by atoms with E-state index < -0.39 is 6.10 Å². The Labute approximate surface area is 113 Å². The Hall–Kier alpha value is -1.50. The van der Waals surface area contributed by atoms with Gasteiger partial charge in [0.25, 0.3) is 0 Å². The summed E-state index contributed by atoms with van der Waals surface area (Å²) in [6, 6.07) is 0.0333. The van der Waals surface area contributed by atoms with Crippen LogP contribution in [-0.2, 0) is 4.74 Å². The number of urea groups is 1. The number of likely N-dealkylation sites (tertiary alicyclic amines) is 1. The van der Waals surface area contributed by atoms with Gasteiger partial charge in [0, 0.05) is 19.6 Å². The van der Waals surface area contributed by atoms with E-state index in [9.17, 15) is 4.79 Å². The summed E-state index contributed by atoms with van der Waals surface area (Å²) < 4.78 is 5.39. The van der Waals surface area contributed by atoms with Crippen molar-refractivity contribution in [1.82, 2.24) is 9.80 Å². The van der Waals surface area contributed by atoms with E-state index in [-0.39, 0.29) is 11.9 Å². The van der Waals surface area contributed by atoms with Crippen LogP contribution in [0, 0.1) is 5.92 Å². The fourth-order valence-corrected chi connectivity index (χ4v) is 2.47. The minimum atomic E-state index is -0.508. The Kier molecular flexibility index (Phi) is 4.47. The molecule has 108 valence electrons. The van der Waals surface area contributed by atoms with E-state index in [2.05, 4.69) is 12.1 Å². The third-order valence-corrected chi connectivity index (χ3v) is 3.84. The highest BCUT2D eigenvalue weighted by molar-refractivity contribution is 5.85. The van der Waals surface area contributed by atoms with Crippen LogP contribution in [0.4, 0.5) is 4.79 Å². The molecule has 0 aromatic rings. The molecule has 3 N–H and O–H groups in total. The van der Waals surface area contributed by atoms with E-state index in [1.165, 1.54) is 0 Å². The van der Waals surface area contributed by atoms with Crippen LogP contribution in [0.5, 0.6) is 0 Å². The van der Waals surface area contributed by atoms with Gasteiger partial charge in [-0.2, -0.15) is 0 Å². The molecular weight excluding hydrogens is 248 g/mol. The lowest BCUT2D eigenvalue weighted by molar-refractivity contribution is 0.0110. The molecule has 1 atom stereocenters. The van der Waals surface area contributed by atoms with Gasteiger partial charge in [-0.05, 0) is 18.8 Å². The quantitative estimate of drug-likeness (QED) is 0.310. The summed E-state index contributed by atoms with van der Waals surface area (Å²) >= 11 is 0. The van der Waals surface area contributed by atoms with Crippen molar-refractivity contribution in [3.05, 3.63) is 0 Å². The first-order valence-corrected chi connectivity index (χ1v) is 6.74. The average molecular weight is 270 g/mol. The highest BCUT2D eigenvalue weighted by atomic mass is 16.5. The zero-order chi connectivity index (χ0) is 13.8.